The van der Waals surface area contributed by atoms with Crippen LogP contribution in [0.25, 0.3) is 0 Å². The van der Waals surface area contributed by atoms with Gasteiger partial charge in [-0.25, -0.2) is 4.39 Å². The first-order valence-corrected chi connectivity index (χ1v) is 7.31. The van der Waals surface area contributed by atoms with Crippen molar-refractivity contribution in [2.75, 3.05) is 13.1 Å². The van der Waals surface area contributed by atoms with Gasteiger partial charge in [0.25, 0.3) is 0 Å². The first-order valence-electron chi connectivity index (χ1n) is 6.90. The van der Waals surface area contributed by atoms with Crippen LogP contribution in [0.1, 0.15) is 37.3 Å². The van der Waals surface area contributed by atoms with E-state index in [1.54, 1.807) is 12.1 Å². The van der Waals surface area contributed by atoms with E-state index < -0.39 is 0 Å². The molecule has 104 valence electrons. The molecule has 2 rings (SSSR count). The molecule has 0 amide bonds. The Hall–Kier alpha value is -1.00. The summed E-state index contributed by atoms with van der Waals surface area (Å²) < 4.78 is 13.9. The molecular weight excluding hydrogens is 259 g/mol. The lowest BCUT2D eigenvalue weighted by atomic mass is 9.85. The van der Waals surface area contributed by atoms with Crippen molar-refractivity contribution in [1.82, 2.24) is 4.90 Å². The maximum absolute atomic E-state index is 13.9. The molecule has 0 spiro atoms. The molecule has 0 aromatic heterocycles. The van der Waals surface area contributed by atoms with Crippen molar-refractivity contribution in [3.63, 3.8) is 0 Å². The van der Waals surface area contributed by atoms with E-state index in [0.717, 1.165) is 24.6 Å². The quantitative estimate of drug-likeness (QED) is 0.812. The topological polar surface area (TPSA) is 29.3 Å². The van der Waals surface area contributed by atoms with Gasteiger partial charge in [-0.1, -0.05) is 25.6 Å². The van der Waals surface area contributed by atoms with Gasteiger partial charge in [-0.3, -0.25) is 4.90 Å². The summed E-state index contributed by atoms with van der Waals surface area (Å²) in [4.78, 5) is 2.62. The molecule has 0 saturated heterocycles. The summed E-state index contributed by atoms with van der Waals surface area (Å²) in [5.74, 6) is 0.619. The lowest BCUT2D eigenvalue weighted by molar-refractivity contribution is 0.177. The van der Waals surface area contributed by atoms with Crippen LogP contribution in [0.15, 0.2) is 18.2 Å². The molecule has 0 atom stereocenters. The Balaban J connectivity index is 2.06. The number of halogens is 1. The van der Waals surface area contributed by atoms with E-state index >= 15 is 0 Å². The van der Waals surface area contributed by atoms with Gasteiger partial charge in [-0.05, 0) is 43.5 Å². The van der Waals surface area contributed by atoms with Gasteiger partial charge < -0.3 is 5.73 Å². The van der Waals surface area contributed by atoms with Crippen LogP contribution >= 0.6 is 12.2 Å². The highest BCUT2D eigenvalue weighted by Gasteiger charge is 2.20. The zero-order valence-corrected chi connectivity index (χ0v) is 12.2. The molecule has 0 aliphatic heterocycles. The van der Waals surface area contributed by atoms with Gasteiger partial charge in [0, 0.05) is 24.2 Å². The smallest absolute Gasteiger partial charge is 0.127 e. The molecule has 2 nitrogen and oxygen atoms in total. The van der Waals surface area contributed by atoms with Crippen LogP contribution in [0, 0.1) is 11.7 Å². The first kappa shape index (κ1) is 14.4. The number of hydrogen-bond donors (Lipinski definition) is 1. The fourth-order valence-electron chi connectivity index (χ4n) is 2.44. The SMILES string of the molecule is CCN(Cc1cc(C(N)=S)ccc1F)CC1CCC1. The highest BCUT2D eigenvalue weighted by Crippen LogP contribution is 2.27. The van der Waals surface area contributed by atoms with Crippen LogP contribution in [0.2, 0.25) is 0 Å². The van der Waals surface area contributed by atoms with Crippen LogP contribution in [0.5, 0.6) is 0 Å². The van der Waals surface area contributed by atoms with Gasteiger partial charge in [0.1, 0.15) is 10.8 Å². The van der Waals surface area contributed by atoms with Crippen LogP contribution in [-0.4, -0.2) is 23.0 Å². The standard InChI is InChI=1S/C15H21FN2S/c1-2-18(9-11-4-3-5-11)10-13-8-12(15(17)19)6-7-14(13)16/h6-8,11H,2-5,9-10H2,1H3,(H2,17,19). The Morgan fingerprint density at radius 2 is 2.21 bits per heavy atom. The molecule has 0 unspecified atom stereocenters. The Labute approximate surface area is 119 Å². The van der Waals surface area contributed by atoms with Gasteiger partial charge in [0.15, 0.2) is 0 Å². The molecule has 1 saturated carbocycles. The van der Waals surface area contributed by atoms with E-state index in [9.17, 15) is 4.39 Å². The predicted octanol–water partition coefficient (Wildman–Crippen LogP) is 3.08. The third kappa shape index (κ3) is 3.74. The zero-order chi connectivity index (χ0) is 13.8. The van der Waals surface area contributed by atoms with E-state index in [1.807, 2.05) is 0 Å². The van der Waals surface area contributed by atoms with Crippen molar-refractivity contribution in [1.29, 1.82) is 0 Å². The van der Waals surface area contributed by atoms with Crippen molar-refractivity contribution < 1.29 is 4.39 Å². The predicted molar refractivity (Wildman–Crippen MR) is 80.6 cm³/mol. The molecule has 0 heterocycles. The van der Waals surface area contributed by atoms with Crippen molar-refractivity contribution in [2.45, 2.75) is 32.7 Å². The Bertz CT molecular complexity index is 457. The third-order valence-corrected chi connectivity index (χ3v) is 4.15. The van der Waals surface area contributed by atoms with E-state index in [4.69, 9.17) is 18.0 Å². The molecule has 0 radical (unpaired) electrons. The summed E-state index contributed by atoms with van der Waals surface area (Å²) in [5.41, 5.74) is 7.03. The molecule has 4 heteroatoms. The highest BCUT2D eigenvalue weighted by molar-refractivity contribution is 7.80. The maximum Gasteiger partial charge on any atom is 0.127 e. The van der Waals surface area contributed by atoms with Gasteiger partial charge in [-0.2, -0.15) is 0 Å². The Morgan fingerprint density at radius 1 is 1.47 bits per heavy atom. The molecule has 0 bridgehead atoms. The number of thiocarbonyl (C=S) groups is 1. The van der Waals surface area contributed by atoms with Crippen LogP contribution in [0.4, 0.5) is 4.39 Å². The lowest BCUT2D eigenvalue weighted by Crippen LogP contribution is -2.32. The second-order valence-electron chi connectivity index (χ2n) is 5.30. The Morgan fingerprint density at radius 3 is 2.74 bits per heavy atom. The van der Waals surface area contributed by atoms with Gasteiger partial charge in [-0.15, -0.1) is 0 Å². The summed E-state index contributed by atoms with van der Waals surface area (Å²) in [6.07, 6.45) is 3.96. The number of hydrogen-bond acceptors (Lipinski definition) is 2. The Kier molecular flexibility index (Phi) is 4.88. The molecule has 2 N–H and O–H groups in total. The van der Waals surface area contributed by atoms with Gasteiger partial charge in [0.05, 0.1) is 0 Å². The monoisotopic (exact) mass is 280 g/mol. The lowest BCUT2D eigenvalue weighted by Gasteiger charge is -2.31. The van der Waals surface area contributed by atoms with Crippen molar-refractivity contribution in [2.24, 2.45) is 11.7 Å². The average Bonchev–Trinajstić information content (AvgIpc) is 2.34. The molecular formula is C15H21FN2S. The third-order valence-electron chi connectivity index (χ3n) is 3.91. The highest BCUT2D eigenvalue weighted by atomic mass is 32.1. The van der Waals surface area contributed by atoms with E-state index in [0.29, 0.717) is 17.1 Å². The second kappa shape index (κ2) is 6.44. The first-order chi connectivity index (χ1) is 9.10. The largest absolute Gasteiger partial charge is 0.389 e. The fraction of sp³-hybridized carbons (Fsp3) is 0.533. The minimum Gasteiger partial charge on any atom is -0.389 e. The summed E-state index contributed by atoms with van der Waals surface area (Å²) in [7, 11) is 0. The number of rotatable bonds is 6. The summed E-state index contributed by atoms with van der Waals surface area (Å²) in [5, 5.41) is 0. The van der Waals surface area contributed by atoms with Crippen LogP contribution in [0.3, 0.4) is 0 Å². The number of nitrogens with two attached hydrogens (primary N) is 1. The fourth-order valence-corrected chi connectivity index (χ4v) is 2.56. The van der Waals surface area contributed by atoms with Crippen LogP contribution in [-0.2, 0) is 6.54 Å². The summed E-state index contributed by atoms with van der Waals surface area (Å²) in [6, 6.07) is 4.88. The molecule has 1 aliphatic rings. The summed E-state index contributed by atoms with van der Waals surface area (Å²) in [6.45, 7) is 4.75. The van der Waals surface area contributed by atoms with E-state index in [2.05, 4.69) is 11.8 Å². The molecule has 1 aliphatic carbocycles. The summed E-state index contributed by atoms with van der Waals surface area (Å²) >= 11 is 4.95. The molecule has 1 fully saturated rings. The number of benzene rings is 1. The minimum absolute atomic E-state index is 0.174. The van der Waals surface area contributed by atoms with Crippen LogP contribution < -0.4 is 5.73 Å². The zero-order valence-electron chi connectivity index (χ0n) is 11.4. The van der Waals surface area contributed by atoms with E-state index in [-0.39, 0.29) is 5.82 Å². The van der Waals surface area contributed by atoms with Crippen molar-refractivity contribution >= 4 is 17.2 Å². The second-order valence-corrected chi connectivity index (χ2v) is 5.73. The average molecular weight is 280 g/mol. The molecule has 1 aromatic rings. The van der Waals surface area contributed by atoms with Gasteiger partial charge in [0.2, 0.25) is 0 Å². The minimum atomic E-state index is -0.174. The van der Waals surface area contributed by atoms with Crippen molar-refractivity contribution in [3.8, 4) is 0 Å². The van der Waals surface area contributed by atoms with Crippen molar-refractivity contribution in [3.05, 3.63) is 35.1 Å². The molecule has 19 heavy (non-hydrogen) atoms. The van der Waals surface area contributed by atoms with Gasteiger partial charge >= 0.3 is 0 Å². The normalized spacial score (nSPS) is 15.5. The van der Waals surface area contributed by atoms with E-state index in [1.165, 1.54) is 25.3 Å². The maximum atomic E-state index is 13.9. The molecule has 1 aromatic carbocycles. The number of nitrogens with zero attached hydrogens (tertiary/aromatic N) is 1.